The molecule has 0 aliphatic heterocycles. The number of aliphatic imine (C=N–C) groups is 1. The van der Waals surface area contributed by atoms with E-state index in [1.54, 1.807) is 18.4 Å². The van der Waals surface area contributed by atoms with Crippen LogP contribution in [0.2, 0.25) is 0 Å². The van der Waals surface area contributed by atoms with E-state index in [4.69, 9.17) is 4.74 Å². The topological polar surface area (TPSA) is 45.7 Å². The number of ether oxygens (including phenoxy) is 1. The Kier molecular flexibility index (Phi) is 14.4. The molecule has 1 aromatic heterocycles. The van der Waals surface area contributed by atoms with Gasteiger partial charge >= 0.3 is 0 Å². The van der Waals surface area contributed by atoms with Gasteiger partial charge in [-0.15, -0.1) is 35.3 Å². The van der Waals surface area contributed by atoms with Gasteiger partial charge < -0.3 is 15.4 Å². The van der Waals surface area contributed by atoms with Gasteiger partial charge in [0.15, 0.2) is 5.96 Å². The minimum atomic E-state index is 0. The van der Waals surface area contributed by atoms with Crippen molar-refractivity contribution < 1.29 is 4.74 Å². The maximum atomic E-state index is 5.04. The molecule has 0 atom stereocenters. The second-order valence-electron chi connectivity index (χ2n) is 4.57. The molecule has 0 radical (unpaired) electrons. The molecule has 0 fully saturated rings. The predicted octanol–water partition coefficient (Wildman–Crippen LogP) is 3.28. The largest absolute Gasteiger partial charge is 0.385 e. The van der Waals surface area contributed by atoms with E-state index in [-0.39, 0.29) is 24.0 Å². The molecule has 0 aliphatic rings. The number of unbranched alkanes of at least 4 members (excludes halogenated alkanes) is 2. The van der Waals surface area contributed by atoms with Crippen LogP contribution in [0.1, 0.15) is 31.1 Å². The molecule has 2 N–H and O–H groups in total. The molecule has 6 heteroatoms. The van der Waals surface area contributed by atoms with Crippen LogP contribution in [0.3, 0.4) is 0 Å². The number of nitrogens with one attached hydrogen (secondary N) is 2. The zero-order valence-corrected chi connectivity index (χ0v) is 16.2. The maximum Gasteiger partial charge on any atom is 0.191 e. The van der Waals surface area contributed by atoms with Gasteiger partial charge in [0.05, 0.1) is 0 Å². The van der Waals surface area contributed by atoms with Gasteiger partial charge in [-0.25, -0.2) is 0 Å². The molecule has 1 rings (SSSR count). The molecule has 0 aliphatic carbocycles. The third-order valence-corrected chi connectivity index (χ3v) is 3.80. The first-order chi connectivity index (χ1) is 9.86. The highest BCUT2D eigenvalue weighted by Crippen LogP contribution is 2.07. The average Bonchev–Trinajstić information content (AvgIpc) is 2.96. The first-order valence-electron chi connectivity index (χ1n) is 7.40. The quantitative estimate of drug-likeness (QED) is 0.262. The number of rotatable bonds is 10. The molecular weight excluding hydrogens is 397 g/mol. The molecule has 1 heterocycles. The molecule has 0 aromatic carbocycles. The van der Waals surface area contributed by atoms with Gasteiger partial charge in [0.25, 0.3) is 0 Å². The maximum absolute atomic E-state index is 5.04. The van der Waals surface area contributed by atoms with Crippen molar-refractivity contribution in [2.24, 2.45) is 4.99 Å². The Morgan fingerprint density at radius 2 is 2.14 bits per heavy atom. The first-order valence-corrected chi connectivity index (χ1v) is 8.28. The Labute approximate surface area is 149 Å². The second kappa shape index (κ2) is 14.6. The molecule has 0 spiro atoms. The Balaban J connectivity index is 0.00000400. The molecule has 0 saturated carbocycles. The lowest BCUT2D eigenvalue weighted by Crippen LogP contribution is -2.38. The van der Waals surface area contributed by atoms with Crippen molar-refractivity contribution in [2.45, 2.75) is 32.6 Å². The summed E-state index contributed by atoms with van der Waals surface area (Å²) in [4.78, 5) is 6.00. The van der Waals surface area contributed by atoms with Crippen molar-refractivity contribution in [1.29, 1.82) is 0 Å². The molecule has 0 bridgehead atoms. The fourth-order valence-electron chi connectivity index (χ4n) is 1.83. The molecule has 0 saturated heterocycles. The highest BCUT2D eigenvalue weighted by molar-refractivity contribution is 14.0. The fraction of sp³-hybridized carbons (Fsp3) is 0.667. The standard InChI is InChI=1S/C15H27N3OS.HI/c1-3-16-15(17-10-5-4-6-12-19-2)18-11-9-14-8-7-13-20-14;/h7-8,13H,3-6,9-12H2,1-2H3,(H2,16,17,18);1H. The van der Waals surface area contributed by atoms with E-state index < -0.39 is 0 Å². The highest BCUT2D eigenvalue weighted by atomic mass is 127. The smallest absolute Gasteiger partial charge is 0.191 e. The van der Waals surface area contributed by atoms with Crippen LogP contribution in [0.4, 0.5) is 0 Å². The van der Waals surface area contributed by atoms with E-state index in [1.807, 2.05) is 0 Å². The first kappa shape index (κ1) is 20.7. The number of hydrogen-bond acceptors (Lipinski definition) is 3. The zero-order chi connectivity index (χ0) is 14.5. The summed E-state index contributed by atoms with van der Waals surface area (Å²) in [6.07, 6.45) is 4.46. The SMILES string of the molecule is CCNC(=NCCCCCOC)NCCc1cccs1.I. The predicted molar refractivity (Wildman–Crippen MR) is 103 cm³/mol. The number of halogens is 1. The van der Waals surface area contributed by atoms with Gasteiger partial charge in [-0.3, -0.25) is 4.99 Å². The van der Waals surface area contributed by atoms with Crippen LogP contribution in [0.25, 0.3) is 0 Å². The molecule has 1 aromatic rings. The molecule has 0 unspecified atom stereocenters. The highest BCUT2D eigenvalue weighted by Gasteiger charge is 1.98. The Bertz CT molecular complexity index is 358. The normalized spacial score (nSPS) is 11.0. The Morgan fingerprint density at radius 1 is 1.29 bits per heavy atom. The summed E-state index contributed by atoms with van der Waals surface area (Å²) in [6, 6.07) is 4.27. The lowest BCUT2D eigenvalue weighted by molar-refractivity contribution is 0.192. The third-order valence-electron chi connectivity index (χ3n) is 2.86. The van der Waals surface area contributed by atoms with Crippen LogP contribution in [0.5, 0.6) is 0 Å². The number of guanidine groups is 1. The van der Waals surface area contributed by atoms with Gasteiger partial charge in [0.1, 0.15) is 0 Å². The average molecular weight is 425 g/mol. The third kappa shape index (κ3) is 11.0. The van der Waals surface area contributed by atoms with E-state index in [2.05, 4.69) is 40.1 Å². The summed E-state index contributed by atoms with van der Waals surface area (Å²) in [6.45, 7) is 5.64. The van der Waals surface area contributed by atoms with Crippen LogP contribution in [0, 0.1) is 0 Å². The van der Waals surface area contributed by atoms with Crippen LogP contribution >= 0.6 is 35.3 Å². The minimum Gasteiger partial charge on any atom is -0.385 e. The van der Waals surface area contributed by atoms with Gasteiger partial charge in [-0.2, -0.15) is 0 Å². The van der Waals surface area contributed by atoms with Crippen molar-refractivity contribution in [2.75, 3.05) is 33.4 Å². The Morgan fingerprint density at radius 3 is 2.81 bits per heavy atom. The summed E-state index contributed by atoms with van der Waals surface area (Å²) < 4.78 is 5.04. The number of hydrogen-bond donors (Lipinski definition) is 2. The summed E-state index contributed by atoms with van der Waals surface area (Å²) in [5.74, 6) is 0.927. The molecule has 4 nitrogen and oxygen atoms in total. The van der Waals surface area contributed by atoms with Crippen molar-refractivity contribution in [3.63, 3.8) is 0 Å². The minimum absolute atomic E-state index is 0. The fourth-order valence-corrected chi connectivity index (χ4v) is 2.54. The van der Waals surface area contributed by atoms with Crippen LogP contribution < -0.4 is 10.6 Å². The second-order valence-corrected chi connectivity index (χ2v) is 5.60. The van der Waals surface area contributed by atoms with Crippen molar-refractivity contribution in [1.82, 2.24) is 10.6 Å². The lowest BCUT2D eigenvalue weighted by atomic mass is 10.2. The molecule has 21 heavy (non-hydrogen) atoms. The van der Waals surface area contributed by atoms with Gasteiger partial charge in [-0.05, 0) is 44.1 Å². The number of thiophene rings is 1. The molecule has 0 amide bonds. The lowest BCUT2D eigenvalue weighted by Gasteiger charge is -2.10. The summed E-state index contributed by atoms with van der Waals surface area (Å²) in [7, 11) is 1.75. The van der Waals surface area contributed by atoms with Crippen molar-refractivity contribution in [3.05, 3.63) is 22.4 Å². The van der Waals surface area contributed by atoms with Gasteiger partial charge in [0.2, 0.25) is 0 Å². The zero-order valence-electron chi connectivity index (χ0n) is 13.1. The summed E-state index contributed by atoms with van der Waals surface area (Å²) >= 11 is 1.80. The van der Waals surface area contributed by atoms with E-state index in [0.29, 0.717) is 0 Å². The van der Waals surface area contributed by atoms with Crippen molar-refractivity contribution in [3.8, 4) is 0 Å². The van der Waals surface area contributed by atoms with Gasteiger partial charge in [0, 0.05) is 38.2 Å². The van der Waals surface area contributed by atoms with E-state index in [0.717, 1.165) is 51.5 Å². The monoisotopic (exact) mass is 425 g/mol. The number of methoxy groups -OCH3 is 1. The summed E-state index contributed by atoms with van der Waals surface area (Å²) in [5.41, 5.74) is 0. The number of nitrogens with zero attached hydrogens (tertiary/aromatic N) is 1. The van der Waals surface area contributed by atoms with Crippen molar-refractivity contribution >= 4 is 41.3 Å². The van der Waals surface area contributed by atoms with Crippen LogP contribution in [-0.4, -0.2) is 39.3 Å². The van der Waals surface area contributed by atoms with E-state index in [9.17, 15) is 0 Å². The molecule has 122 valence electrons. The molecular formula is C15H28IN3OS. The van der Waals surface area contributed by atoms with E-state index in [1.165, 1.54) is 11.3 Å². The summed E-state index contributed by atoms with van der Waals surface area (Å²) in [5, 5.41) is 8.78. The Hall–Kier alpha value is -0.340. The van der Waals surface area contributed by atoms with Crippen LogP contribution in [0.15, 0.2) is 22.5 Å². The van der Waals surface area contributed by atoms with E-state index >= 15 is 0 Å². The van der Waals surface area contributed by atoms with Gasteiger partial charge in [-0.1, -0.05) is 6.07 Å². The van der Waals surface area contributed by atoms with Crippen LogP contribution in [-0.2, 0) is 11.2 Å².